The van der Waals surface area contributed by atoms with Gasteiger partial charge < -0.3 is 5.73 Å². The summed E-state index contributed by atoms with van der Waals surface area (Å²) in [5, 5.41) is 0. The van der Waals surface area contributed by atoms with E-state index in [1.165, 1.54) is 0 Å². The summed E-state index contributed by atoms with van der Waals surface area (Å²) >= 11 is 2.14. The first-order chi connectivity index (χ1) is 7.68. The highest BCUT2D eigenvalue weighted by Crippen LogP contribution is 2.19. The van der Waals surface area contributed by atoms with E-state index >= 15 is 0 Å². The van der Waals surface area contributed by atoms with Crippen LogP contribution in [-0.2, 0) is 0 Å². The Hall–Kier alpha value is -1.36. The summed E-state index contributed by atoms with van der Waals surface area (Å²) in [5.74, 6) is 0.0114. The summed E-state index contributed by atoms with van der Waals surface area (Å²) < 4.78 is 0.917. The molecule has 0 amide bonds. The lowest BCUT2D eigenvalue weighted by molar-refractivity contribution is 0.103. The van der Waals surface area contributed by atoms with E-state index in [4.69, 9.17) is 5.73 Å². The number of benzene rings is 2. The molecule has 0 atom stereocenters. The van der Waals surface area contributed by atoms with E-state index in [1.807, 2.05) is 36.4 Å². The second-order valence-electron chi connectivity index (χ2n) is 3.43. The number of anilines is 1. The molecule has 0 fully saturated rings. The van der Waals surface area contributed by atoms with Gasteiger partial charge >= 0.3 is 0 Å². The van der Waals surface area contributed by atoms with Gasteiger partial charge in [0.15, 0.2) is 5.78 Å². The largest absolute Gasteiger partial charge is 0.399 e. The van der Waals surface area contributed by atoms with E-state index in [-0.39, 0.29) is 5.78 Å². The zero-order valence-corrected chi connectivity index (χ0v) is 10.6. The van der Waals surface area contributed by atoms with Gasteiger partial charge in [-0.15, -0.1) is 0 Å². The monoisotopic (exact) mass is 323 g/mol. The average molecular weight is 323 g/mol. The number of ketones is 1. The second-order valence-corrected chi connectivity index (χ2v) is 4.60. The highest BCUT2D eigenvalue weighted by Gasteiger charge is 2.12. The maximum Gasteiger partial charge on any atom is 0.194 e. The van der Waals surface area contributed by atoms with Gasteiger partial charge in [0.1, 0.15) is 0 Å². The van der Waals surface area contributed by atoms with Gasteiger partial charge in [0.2, 0.25) is 0 Å². The SMILES string of the molecule is Nc1ccc(I)c(C(=O)c2ccccc2)c1. The quantitative estimate of drug-likeness (QED) is 0.524. The van der Waals surface area contributed by atoms with E-state index in [2.05, 4.69) is 22.6 Å². The van der Waals surface area contributed by atoms with Crippen LogP contribution >= 0.6 is 22.6 Å². The van der Waals surface area contributed by atoms with Crippen LogP contribution in [0.5, 0.6) is 0 Å². The van der Waals surface area contributed by atoms with Crippen molar-refractivity contribution in [3.05, 3.63) is 63.2 Å². The van der Waals surface area contributed by atoms with Gasteiger partial charge in [-0.3, -0.25) is 4.79 Å². The lowest BCUT2D eigenvalue weighted by Gasteiger charge is -2.04. The van der Waals surface area contributed by atoms with Crippen molar-refractivity contribution in [1.29, 1.82) is 0 Å². The highest BCUT2D eigenvalue weighted by molar-refractivity contribution is 14.1. The number of rotatable bonds is 2. The van der Waals surface area contributed by atoms with Crippen molar-refractivity contribution in [2.24, 2.45) is 0 Å². The molecule has 0 aliphatic carbocycles. The fourth-order valence-electron chi connectivity index (χ4n) is 1.46. The molecule has 2 N–H and O–H groups in total. The Kier molecular flexibility index (Phi) is 3.24. The highest BCUT2D eigenvalue weighted by atomic mass is 127. The molecule has 0 radical (unpaired) electrons. The Labute approximate surface area is 108 Å². The Bertz CT molecular complexity index is 523. The number of carbonyl (C=O) groups excluding carboxylic acids is 1. The molecule has 0 saturated carbocycles. The van der Waals surface area contributed by atoms with Crippen LogP contribution in [0, 0.1) is 3.57 Å². The van der Waals surface area contributed by atoms with Crippen molar-refractivity contribution in [2.45, 2.75) is 0 Å². The van der Waals surface area contributed by atoms with Gasteiger partial charge in [0.25, 0.3) is 0 Å². The maximum atomic E-state index is 12.2. The van der Waals surface area contributed by atoms with Gasteiger partial charge in [-0.1, -0.05) is 30.3 Å². The number of hydrogen-bond donors (Lipinski definition) is 1. The van der Waals surface area contributed by atoms with Crippen molar-refractivity contribution < 1.29 is 4.79 Å². The van der Waals surface area contributed by atoms with Crippen LogP contribution < -0.4 is 5.73 Å². The summed E-state index contributed by atoms with van der Waals surface area (Å²) in [5.41, 5.74) is 7.64. The van der Waals surface area contributed by atoms with Gasteiger partial charge in [0, 0.05) is 20.4 Å². The molecule has 3 heteroatoms. The smallest absolute Gasteiger partial charge is 0.194 e. The molecule has 0 bridgehead atoms. The molecule has 2 aromatic carbocycles. The third-order valence-corrected chi connectivity index (χ3v) is 3.21. The Morgan fingerprint density at radius 1 is 1.06 bits per heavy atom. The zero-order valence-electron chi connectivity index (χ0n) is 8.48. The molecule has 0 aliphatic heterocycles. The number of halogens is 1. The minimum absolute atomic E-state index is 0.0114. The van der Waals surface area contributed by atoms with Crippen molar-refractivity contribution in [3.8, 4) is 0 Å². The Morgan fingerprint density at radius 2 is 1.75 bits per heavy atom. The predicted octanol–water partition coefficient (Wildman–Crippen LogP) is 3.10. The maximum absolute atomic E-state index is 12.2. The van der Waals surface area contributed by atoms with E-state index < -0.39 is 0 Å². The first-order valence-electron chi connectivity index (χ1n) is 4.83. The van der Waals surface area contributed by atoms with E-state index in [0.717, 1.165) is 3.57 Å². The molecule has 2 rings (SSSR count). The van der Waals surface area contributed by atoms with E-state index in [1.54, 1.807) is 12.1 Å². The summed E-state index contributed by atoms with van der Waals surface area (Å²) in [4.78, 5) is 12.2. The average Bonchev–Trinajstić information content (AvgIpc) is 2.32. The van der Waals surface area contributed by atoms with Crippen LogP contribution in [-0.4, -0.2) is 5.78 Å². The minimum Gasteiger partial charge on any atom is -0.399 e. The first-order valence-corrected chi connectivity index (χ1v) is 5.91. The molecule has 2 nitrogen and oxygen atoms in total. The van der Waals surface area contributed by atoms with Gasteiger partial charge in [-0.05, 0) is 40.8 Å². The van der Waals surface area contributed by atoms with Crippen LogP contribution in [0.15, 0.2) is 48.5 Å². The standard InChI is InChI=1S/C13H10INO/c14-12-7-6-10(15)8-11(12)13(16)9-4-2-1-3-5-9/h1-8H,15H2. The summed E-state index contributed by atoms with van der Waals surface area (Å²) in [7, 11) is 0. The molecular weight excluding hydrogens is 313 g/mol. The Balaban J connectivity index is 2.46. The first kappa shape index (κ1) is 11.1. The van der Waals surface area contributed by atoms with E-state index in [9.17, 15) is 4.79 Å². The summed E-state index contributed by atoms with van der Waals surface area (Å²) in [6, 6.07) is 14.6. The molecule has 0 aliphatic rings. The molecule has 16 heavy (non-hydrogen) atoms. The van der Waals surface area contributed by atoms with Crippen LogP contribution in [0.3, 0.4) is 0 Å². The fraction of sp³-hybridized carbons (Fsp3) is 0. The minimum atomic E-state index is 0.0114. The lowest BCUT2D eigenvalue weighted by Crippen LogP contribution is -2.04. The summed E-state index contributed by atoms with van der Waals surface area (Å²) in [6.45, 7) is 0. The molecule has 0 aromatic heterocycles. The van der Waals surface area contributed by atoms with Crippen molar-refractivity contribution in [2.75, 3.05) is 5.73 Å². The molecule has 0 unspecified atom stereocenters. The van der Waals surface area contributed by atoms with E-state index in [0.29, 0.717) is 16.8 Å². The predicted molar refractivity (Wildman–Crippen MR) is 73.4 cm³/mol. The lowest BCUT2D eigenvalue weighted by atomic mass is 10.0. The normalized spacial score (nSPS) is 10.1. The van der Waals surface area contributed by atoms with Crippen molar-refractivity contribution in [1.82, 2.24) is 0 Å². The van der Waals surface area contributed by atoms with Crippen molar-refractivity contribution in [3.63, 3.8) is 0 Å². The third-order valence-electron chi connectivity index (χ3n) is 2.27. The van der Waals surface area contributed by atoms with Crippen LogP contribution in [0.2, 0.25) is 0 Å². The van der Waals surface area contributed by atoms with Gasteiger partial charge in [0.05, 0.1) is 0 Å². The fourth-order valence-corrected chi connectivity index (χ4v) is 2.04. The number of nitrogen functional groups attached to an aromatic ring is 1. The molecule has 0 heterocycles. The molecule has 0 spiro atoms. The van der Waals surface area contributed by atoms with Crippen LogP contribution in [0.1, 0.15) is 15.9 Å². The zero-order chi connectivity index (χ0) is 11.5. The molecule has 0 saturated heterocycles. The number of hydrogen-bond acceptors (Lipinski definition) is 2. The molecular formula is C13H10INO. The number of carbonyl (C=O) groups is 1. The number of nitrogens with two attached hydrogens (primary N) is 1. The second kappa shape index (κ2) is 4.65. The van der Waals surface area contributed by atoms with Crippen LogP contribution in [0.25, 0.3) is 0 Å². The molecule has 80 valence electrons. The van der Waals surface area contributed by atoms with Gasteiger partial charge in [-0.25, -0.2) is 0 Å². The van der Waals surface area contributed by atoms with Crippen molar-refractivity contribution >= 4 is 34.1 Å². The third kappa shape index (κ3) is 2.24. The summed E-state index contributed by atoms with van der Waals surface area (Å²) in [6.07, 6.45) is 0. The molecule has 2 aromatic rings. The Morgan fingerprint density at radius 3 is 2.44 bits per heavy atom. The van der Waals surface area contributed by atoms with Gasteiger partial charge in [-0.2, -0.15) is 0 Å². The van der Waals surface area contributed by atoms with Crippen LogP contribution in [0.4, 0.5) is 5.69 Å². The topological polar surface area (TPSA) is 43.1 Å².